The molecule has 0 spiro atoms. The second-order valence-corrected chi connectivity index (χ2v) is 8.31. The van der Waals surface area contributed by atoms with E-state index in [-0.39, 0.29) is 18.2 Å². The van der Waals surface area contributed by atoms with Crippen LogP contribution in [0.3, 0.4) is 0 Å². The molecule has 1 heterocycles. The molecule has 0 fully saturated rings. The number of hydrogen-bond acceptors (Lipinski definition) is 5. The van der Waals surface area contributed by atoms with Crippen LogP contribution < -0.4 is 4.72 Å². The lowest BCUT2D eigenvalue weighted by atomic mass is 10.1. The number of nitrogens with one attached hydrogen (secondary N) is 1. The highest BCUT2D eigenvalue weighted by Gasteiger charge is 2.15. The lowest BCUT2D eigenvalue weighted by molar-refractivity contribution is 0.376. The van der Waals surface area contributed by atoms with Gasteiger partial charge in [-0.3, -0.25) is 0 Å². The molecule has 0 aliphatic heterocycles. The van der Waals surface area contributed by atoms with Gasteiger partial charge in [0.15, 0.2) is 0 Å². The van der Waals surface area contributed by atoms with E-state index < -0.39 is 10.0 Å². The summed E-state index contributed by atoms with van der Waals surface area (Å²) in [7, 11) is -3.51. The smallest absolute Gasteiger partial charge is 0.242 e. The average Bonchev–Trinajstić information content (AvgIpc) is 3.02. The maximum atomic E-state index is 12.2. The van der Waals surface area contributed by atoms with E-state index in [4.69, 9.17) is 4.52 Å². The average molecular weight is 422 g/mol. The van der Waals surface area contributed by atoms with Crippen LogP contribution in [0.4, 0.5) is 0 Å². The number of sulfonamides is 1. The van der Waals surface area contributed by atoms with Gasteiger partial charge < -0.3 is 4.52 Å². The number of aromatic nitrogens is 2. The van der Waals surface area contributed by atoms with Crippen molar-refractivity contribution in [3.63, 3.8) is 0 Å². The van der Waals surface area contributed by atoms with Gasteiger partial charge in [-0.2, -0.15) is 4.98 Å². The minimum absolute atomic E-state index is 0.0465. The highest BCUT2D eigenvalue weighted by molar-refractivity contribution is 9.10. The zero-order chi connectivity index (χ0) is 17.9. The van der Waals surface area contributed by atoms with Gasteiger partial charge >= 0.3 is 0 Å². The summed E-state index contributed by atoms with van der Waals surface area (Å²) < 4.78 is 32.8. The van der Waals surface area contributed by atoms with Crippen molar-refractivity contribution < 1.29 is 12.9 Å². The van der Waals surface area contributed by atoms with Crippen LogP contribution in [-0.2, 0) is 22.3 Å². The first-order chi connectivity index (χ1) is 11.9. The molecule has 25 heavy (non-hydrogen) atoms. The molecule has 0 atom stereocenters. The third-order valence-electron chi connectivity index (χ3n) is 3.43. The van der Waals surface area contributed by atoms with E-state index in [0.29, 0.717) is 11.4 Å². The summed E-state index contributed by atoms with van der Waals surface area (Å²) >= 11 is 3.33. The molecule has 0 radical (unpaired) electrons. The van der Waals surface area contributed by atoms with Gasteiger partial charge in [0.2, 0.25) is 21.7 Å². The predicted molar refractivity (Wildman–Crippen MR) is 98.1 cm³/mol. The van der Waals surface area contributed by atoms with E-state index in [1.165, 1.54) is 0 Å². The van der Waals surface area contributed by atoms with Crippen LogP contribution in [0.5, 0.6) is 0 Å². The first-order valence-corrected chi connectivity index (χ1v) is 9.97. The van der Waals surface area contributed by atoms with Crippen LogP contribution in [0, 0.1) is 6.92 Å². The van der Waals surface area contributed by atoms with Crippen LogP contribution in [0.1, 0.15) is 17.0 Å². The van der Waals surface area contributed by atoms with Gasteiger partial charge in [-0.25, -0.2) is 13.1 Å². The fourth-order valence-electron chi connectivity index (χ4n) is 2.30. The standard InChI is InChI=1S/C17H16BrN3O3S/c1-12-4-2-6-14(8-12)17-20-16(24-21-17)10-19-25(22,23)11-13-5-3-7-15(18)9-13/h2-9,19H,10-11H2,1H3. The second-order valence-electron chi connectivity index (χ2n) is 5.59. The molecule has 0 saturated carbocycles. The van der Waals surface area contributed by atoms with Gasteiger partial charge in [0, 0.05) is 10.0 Å². The molecular weight excluding hydrogens is 406 g/mol. The maximum absolute atomic E-state index is 12.2. The molecule has 0 aliphatic carbocycles. The summed E-state index contributed by atoms with van der Waals surface area (Å²) in [5.74, 6) is 0.532. The summed E-state index contributed by atoms with van der Waals surface area (Å²) in [4.78, 5) is 4.23. The van der Waals surface area contributed by atoms with E-state index in [0.717, 1.165) is 15.6 Å². The molecule has 0 bridgehead atoms. The molecule has 1 N–H and O–H groups in total. The Hall–Kier alpha value is -2.03. The Morgan fingerprint density at radius 2 is 1.96 bits per heavy atom. The third-order valence-corrected chi connectivity index (χ3v) is 5.22. The van der Waals surface area contributed by atoms with Crippen molar-refractivity contribution in [2.75, 3.05) is 0 Å². The van der Waals surface area contributed by atoms with Crippen LogP contribution in [0.25, 0.3) is 11.4 Å². The Bertz CT molecular complexity index is 986. The molecule has 6 nitrogen and oxygen atoms in total. The molecule has 0 aliphatic rings. The number of rotatable bonds is 6. The first-order valence-electron chi connectivity index (χ1n) is 7.53. The van der Waals surface area contributed by atoms with Gasteiger partial charge in [-0.15, -0.1) is 0 Å². The summed E-state index contributed by atoms with van der Waals surface area (Å²) in [5, 5.41) is 3.90. The van der Waals surface area contributed by atoms with Crippen molar-refractivity contribution in [3.05, 3.63) is 70.0 Å². The minimum atomic E-state index is -3.51. The van der Waals surface area contributed by atoms with E-state index in [9.17, 15) is 8.42 Å². The number of nitrogens with zero attached hydrogens (tertiary/aromatic N) is 2. The van der Waals surface area contributed by atoms with Crippen molar-refractivity contribution >= 4 is 26.0 Å². The Balaban J connectivity index is 1.65. The van der Waals surface area contributed by atoms with Crippen molar-refractivity contribution in [2.24, 2.45) is 0 Å². The molecule has 8 heteroatoms. The normalized spacial score (nSPS) is 11.6. The SMILES string of the molecule is Cc1cccc(-c2noc(CNS(=O)(=O)Cc3cccc(Br)c3)n2)c1. The van der Waals surface area contributed by atoms with Crippen LogP contribution >= 0.6 is 15.9 Å². The quantitative estimate of drug-likeness (QED) is 0.658. The highest BCUT2D eigenvalue weighted by Crippen LogP contribution is 2.17. The third kappa shape index (κ3) is 4.97. The first kappa shape index (κ1) is 17.8. The topological polar surface area (TPSA) is 85.1 Å². The summed E-state index contributed by atoms with van der Waals surface area (Å²) in [6.45, 7) is 1.93. The largest absolute Gasteiger partial charge is 0.338 e. The fraction of sp³-hybridized carbons (Fsp3) is 0.176. The van der Waals surface area contributed by atoms with Crippen molar-refractivity contribution in [1.29, 1.82) is 0 Å². The minimum Gasteiger partial charge on any atom is -0.338 e. The molecule has 3 aromatic rings. The van der Waals surface area contributed by atoms with E-state index in [1.807, 2.05) is 37.3 Å². The van der Waals surface area contributed by atoms with Gasteiger partial charge in [-0.05, 0) is 30.7 Å². The van der Waals surface area contributed by atoms with Crippen LogP contribution in [0.2, 0.25) is 0 Å². The summed E-state index contributed by atoms with van der Waals surface area (Å²) in [5.41, 5.74) is 2.60. The van der Waals surface area contributed by atoms with Gasteiger partial charge in [0.1, 0.15) is 0 Å². The number of aryl methyl sites for hydroxylation is 1. The Kier molecular flexibility index (Phi) is 5.31. The summed E-state index contributed by atoms with van der Waals surface area (Å²) in [6, 6.07) is 14.8. The highest BCUT2D eigenvalue weighted by atomic mass is 79.9. The van der Waals surface area contributed by atoms with Crippen molar-refractivity contribution in [1.82, 2.24) is 14.9 Å². The molecule has 0 unspecified atom stereocenters. The molecular formula is C17H16BrN3O3S. The van der Waals surface area contributed by atoms with Crippen molar-refractivity contribution in [3.8, 4) is 11.4 Å². The second kappa shape index (κ2) is 7.47. The number of benzene rings is 2. The number of hydrogen-bond donors (Lipinski definition) is 1. The lowest BCUT2D eigenvalue weighted by Crippen LogP contribution is -2.24. The Labute approximate surface area is 154 Å². The monoisotopic (exact) mass is 421 g/mol. The fourth-order valence-corrected chi connectivity index (χ4v) is 3.81. The maximum Gasteiger partial charge on any atom is 0.242 e. The van der Waals surface area contributed by atoms with Gasteiger partial charge in [-0.1, -0.05) is 57.0 Å². The Morgan fingerprint density at radius 1 is 1.16 bits per heavy atom. The van der Waals surface area contributed by atoms with Gasteiger partial charge in [0.25, 0.3) is 0 Å². The van der Waals surface area contributed by atoms with Crippen LogP contribution in [-0.4, -0.2) is 18.6 Å². The number of halogens is 1. The predicted octanol–water partition coefficient (Wildman–Crippen LogP) is 3.43. The van der Waals surface area contributed by atoms with E-state index >= 15 is 0 Å². The van der Waals surface area contributed by atoms with E-state index in [1.54, 1.807) is 18.2 Å². The molecule has 1 aromatic heterocycles. The molecule has 0 amide bonds. The zero-order valence-electron chi connectivity index (χ0n) is 13.4. The Morgan fingerprint density at radius 3 is 2.72 bits per heavy atom. The van der Waals surface area contributed by atoms with E-state index in [2.05, 4.69) is 30.8 Å². The van der Waals surface area contributed by atoms with Crippen LogP contribution in [0.15, 0.2) is 57.5 Å². The molecule has 130 valence electrons. The molecule has 2 aromatic carbocycles. The molecule has 3 rings (SSSR count). The van der Waals surface area contributed by atoms with Gasteiger partial charge in [0.05, 0.1) is 12.3 Å². The lowest BCUT2D eigenvalue weighted by Gasteiger charge is -2.05. The summed E-state index contributed by atoms with van der Waals surface area (Å²) in [6.07, 6.45) is 0. The zero-order valence-corrected chi connectivity index (χ0v) is 15.8. The molecule has 0 saturated heterocycles. The van der Waals surface area contributed by atoms with Crippen molar-refractivity contribution in [2.45, 2.75) is 19.2 Å².